The van der Waals surface area contributed by atoms with E-state index in [1.807, 2.05) is 0 Å². The summed E-state index contributed by atoms with van der Waals surface area (Å²) in [5, 5.41) is 18.7. The van der Waals surface area contributed by atoms with E-state index >= 15 is 0 Å². The van der Waals surface area contributed by atoms with Crippen LogP contribution in [0.15, 0.2) is 42.5 Å². The zero-order valence-corrected chi connectivity index (χ0v) is 9.27. The molecule has 0 aliphatic rings. The van der Waals surface area contributed by atoms with Gasteiger partial charge in [0.1, 0.15) is 23.8 Å². The van der Waals surface area contributed by atoms with Gasteiger partial charge in [0.25, 0.3) is 0 Å². The van der Waals surface area contributed by atoms with Gasteiger partial charge in [0, 0.05) is 5.56 Å². The van der Waals surface area contributed by atoms with Crippen molar-refractivity contribution < 1.29 is 13.9 Å². The van der Waals surface area contributed by atoms with Crippen LogP contribution in [-0.2, 0) is 0 Å². The highest BCUT2D eigenvalue weighted by molar-refractivity contribution is 5.39. The fraction of sp³-hybridized carbons (Fsp3) is 0.0714. The molecule has 4 heteroatoms. The summed E-state index contributed by atoms with van der Waals surface area (Å²) in [6, 6.07) is 11.1. The molecule has 0 aliphatic heterocycles. The molecule has 0 aromatic heterocycles. The van der Waals surface area contributed by atoms with Crippen molar-refractivity contribution in [2.45, 2.75) is 6.10 Å². The lowest BCUT2D eigenvalue weighted by Gasteiger charge is -2.12. The van der Waals surface area contributed by atoms with Gasteiger partial charge in [0.2, 0.25) is 0 Å². The fourth-order valence-corrected chi connectivity index (χ4v) is 1.70. The summed E-state index contributed by atoms with van der Waals surface area (Å²) in [7, 11) is 0. The molecule has 0 amide bonds. The number of nitrogens with zero attached hydrogens (tertiary/aromatic N) is 1. The van der Waals surface area contributed by atoms with Crippen LogP contribution in [0.25, 0.3) is 0 Å². The van der Waals surface area contributed by atoms with Crippen molar-refractivity contribution in [3.63, 3.8) is 0 Å². The molecule has 0 saturated heterocycles. The SMILES string of the molecule is N#Cc1cccc(C(O)c2cccc(F)c2)c1F. The number of aliphatic hydroxyl groups is 1. The van der Waals surface area contributed by atoms with Gasteiger partial charge in [-0.05, 0) is 23.8 Å². The summed E-state index contributed by atoms with van der Waals surface area (Å²) < 4.78 is 26.9. The van der Waals surface area contributed by atoms with Crippen molar-refractivity contribution in [1.29, 1.82) is 5.26 Å². The van der Waals surface area contributed by atoms with Crippen LogP contribution in [0.5, 0.6) is 0 Å². The number of hydrogen-bond donors (Lipinski definition) is 1. The summed E-state index contributed by atoms with van der Waals surface area (Å²) >= 11 is 0. The average Bonchev–Trinajstić information content (AvgIpc) is 2.38. The molecule has 0 saturated carbocycles. The van der Waals surface area contributed by atoms with Gasteiger partial charge in [-0.3, -0.25) is 0 Å². The molecule has 18 heavy (non-hydrogen) atoms. The summed E-state index contributed by atoms with van der Waals surface area (Å²) in [5.74, 6) is -1.29. The van der Waals surface area contributed by atoms with Crippen molar-refractivity contribution in [3.05, 3.63) is 70.8 Å². The number of rotatable bonds is 2. The lowest BCUT2D eigenvalue weighted by atomic mass is 9.99. The second-order valence-electron chi connectivity index (χ2n) is 3.78. The normalized spacial score (nSPS) is 11.9. The van der Waals surface area contributed by atoms with E-state index in [4.69, 9.17) is 5.26 Å². The molecular formula is C14H9F2NO. The predicted molar refractivity (Wildman–Crippen MR) is 61.6 cm³/mol. The monoisotopic (exact) mass is 245 g/mol. The third-order valence-electron chi connectivity index (χ3n) is 2.61. The predicted octanol–water partition coefficient (Wildman–Crippen LogP) is 2.92. The van der Waals surface area contributed by atoms with E-state index in [-0.39, 0.29) is 16.7 Å². The van der Waals surface area contributed by atoms with Crippen LogP contribution in [0, 0.1) is 23.0 Å². The van der Waals surface area contributed by atoms with Crippen LogP contribution >= 0.6 is 0 Å². The van der Waals surface area contributed by atoms with Gasteiger partial charge in [-0.1, -0.05) is 24.3 Å². The molecule has 2 aromatic rings. The highest BCUT2D eigenvalue weighted by Gasteiger charge is 2.17. The van der Waals surface area contributed by atoms with E-state index in [9.17, 15) is 13.9 Å². The molecule has 90 valence electrons. The Hall–Kier alpha value is -2.25. The van der Waals surface area contributed by atoms with Crippen LogP contribution in [0.3, 0.4) is 0 Å². The van der Waals surface area contributed by atoms with Crippen LogP contribution in [0.2, 0.25) is 0 Å². The molecule has 2 aromatic carbocycles. The van der Waals surface area contributed by atoms with Crippen molar-refractivity contribution in [2.24, 2.45) is 0 Å². The Morgan fingerprint density at radius 3 is 2.50 bits per heavy atom. The average molecular weight is 245 g/mol. The largest absolute Gasteiger partial charge is 0.384 e. The Kier molecular flexibility index (Phi) is 3.35. The Morgan fingerprint density at radius 2 is 1.83 bits per heavy atom. The zero-order chi connectivity index (χ0) is 13.1. The second kappa shape index (κ2) is 4.94. The van der Waals surface area contributed by atoms with E-state index < -0.39 is 17.7 Å². The topological polar surface area (TPSA) is 44.0 Å². The van der Waals surface area contributed by atoms with E-state index in [0.29, 0.717) is 0 Å². The maximum atomic E-state index is 13.8. The minimum atomic E-state index is -1.30. The first-order valence-corrected chi connectivity index (χ1v) is 5.25. The molecule has 0 fully saturated rings. The zero-order valence-electron chi connectivity index (χ0n) is 9.27. The number of benzene rings is 2. The Balaban J connectivity index is 2.47. The quantitative estimate of drug-likeness (QED) is 0.884. The first-order chi connectivity index (χ1) is 8.63. The number of halogens is 2. The van der Waals surface area contributed by atoms with Crippen LogP contribution in [0.4, 0.5) is 8.78 Å². The fourth-order valence-electron chi connectivity index (χ4n) is 1.70. The van der Waals surface area contributed by atoms with E-state index in [2.05, 4.69) is 0 Å². The summed E-state index contributed by atoms with van der Waals surface area (Å²) in [5.41, 5.74) is 0.0478. The molecule has 1 unspecified atom stereocenters. The van der Waals surface area contributed by atoms with Crippen molar-refractivity contribution in [1.82, 2.24) is 0 Å². The molecule has 0 radical (unpaired) electrons. The Morgan fingerprint density at radius 1 is 1.11 bits per heavy atom. The molecule has 0 bridgehead atoms. The number of aliphatic hydroxyl groups excluding tert-OH is 1. The van der Waals surface area contributed by atoms with Gasteiger partial charge in [0.15, 0.2) is 0 Å². The summed E-state index contributed by atoms with van der Waals surface area (Å²) in [6.07, 6.45) is -1.30. The van der Waals surface area contributed by atoms with Crippen molar-refractivity contribution in [2.75, 3.05) is 0 Å². The lowest BCUT2D eigenvalue weighted by molar-refractivity contribution is 0.214. The smallest absolute Gasteiger partial charge is 0.147 e. The number of nitriles is 1. The maximum absolute atomic E-state index is 13.8. The van der Waals surface area contributed by atoms with E-state index in [1.165, 1.54) is 36.4 Å². The lowest BCUT2D eigenvalue weighted by Crippen LogP contribution is -2.04. The van der Waals surface area contributed by atoms with Crippen LogP contribution in [-0.4, -0.2) is 5.11 Å². The molecule has 1 N–H and O–H groups in total. The van der Waals surface area contributed by atoms with Crippen LogP contribution < -0.4 is 0 Å². The van der Waals surface area contributed by atoms with Gasteiger partial charge in [0.05, 0.1) is 5.56 Å². The van der Waals surface area contributed by atoms with Gasteiger partial charge < -0.3 is 5.11 Å². The highest BCUT2D eigenvalue weighted by Crippen LogP contribution is 2.26. The molecule has 0 aliphatic carbocycles. The minimum Gasteiger partial charge on any atom is -0.384 e. The molecule has 2 rings (SSSR count). The van der Waals surface area contributed by atoms with Crippen LogP contribution in [0.1, 0.15) is 22.8 Å². The first kappa shape index (κ1) is 12.2. The maximum Gasteiger partial charge on any atom is 0.147 e. The Bertz CT molecular complexity index is 619. The van der Waals surface area contributed by atoms with E-state index in [0.717, 1.165) is 6.07 Å². The van der Waals surface area contributed by atoms with Gasteiger partial charge in [-0.15, -0.1) is 0 Å². The van der Waals surface area contributed by atoms with Gasteiger partial charge in [-0.25, -0.2) is 8.78 Å². The van der Waals surface area contributed by atoms with Crippen molar-refractivity contribution in [3.8, 4) is 6.07 Å². The third kappa shape index (κ3) is 2.22. The molecule has 2 nitrogen and oxygen atoms in total. The molecule has 1 atom stereocenters. The van der Waals surface area contributed by atoms with E-state index in [1.54, 1.807) is 6.07 Å². The Labute approximate surface area is 103 Å². The number of hydrogen-bond acceptors (Lipinski definition) is 2. The molecular weight excluding hydrogens is 236 g/mol. The van der Waals surface area contributed by atoms with Gasteiger partial charge >= 0.3 is 0 Å². The van der Waals surface area contributed by atoms with Gasteiger partial charge in [-0.2, -0.15) is 5.26 Å². The minimum absolute atomic E-state index is 0.0420. The molecule has 0 spiro atoms. The first-order valence-electron chi connectivity index (χ1n) is 5.25. The standard InChI is InChI=1S/C14H9F2NO/c15-11-5-1-3-9(7-11)14(18)12-6-2-4-10(8-17)13(12)16/h1-7,14,18H. The highest BCUT2D eigenvalue weighted by atomic mass is 19.1. The second-order valence-corrected chi connectivity index (χ2v) is 3.78. The molecule has 0 heterocycles. The summed E-state index contributed by atoms with van der Waals surface area (Å²) in [6.45, 7) is 0. The third-order valence-corrected chi connectivity index (χ3v) is 2.61. The van der Waals surface area contributed by atoms with Crippen molar-refractivity contribution >= 4 is 0 Å². The summed E-state index contributed by atoms with van der Waals surface area (Å²) in [4.78, 5) is 0.